The number of aromatic nitrogens is 2. The Kier molecular flexibility index (Phi) is 3.02. The Morgan fingerprint density at radius 2 is 2.20 bits per heavy atom. The number of nitrogen functional groups attached to an aromatic ring is 1. The summed E-state index contributed by atoms with van der Waals surface area (Å²) in [6.45, 7) is 0. The van der Waals surface area contributed by atoms with Crippen molar-refractivity contribution in [1.82, 2.24) is 10.2 Å². The second-order valence-electron chi connectivity index (χ2n) is 3.08. The van der Waals surface area contributed by atoms with E-state index in [-0.39, 0.29) is 0 Å². The molecule has 5 heteroatoms. The molecule has 1 aromatic heterocycles. The summed E-state index contributed by atoms with van der Waals surface area (Å²) in [7, 11) is 0. The second-order valence-corrected chi connectivity index (χ2v) is 4.87. The first kappa shape index (κ1) is 10.6. The molecular formula is C10H10BrN3S. The predicted molar refractivity (Wildman–Crippen MR) is 67.9 cm³/mol. The van der Waals surface area contributed by atoms with E-state index in [0.29, 0.717) is 5.82 Å². The van der Waals surface area contributed by atoms with Crippen molar-refractivity contribution in [3.63, 3.8) is 0 Å². The van der Waals surface area contributed by atoms with Gasteiger partial charge < -0.3 is 5.73 Å². The fraction of sp³-hybridized carbons (Fsp3) is 0.100. The molecule has 2 rings (SSSR count). The van der Waals surface area contributed by atoms with Crippen LogP contribution < -0.4 is 5.73 Å². The standard InChI is InChI=1S/C10H10BrN3S/c1-15-8-3-6(2-7(11)4-8)9-5-13-14-10(9)12/h2-5H,1H3,(H3,12,13,14). The maximum absolute atomic E-state index is 5.77. The lowest BCUT2D eigenvalue weighted by Crippen LogP contribution is -1.88. The zero-order valence-electron chi connectivity index (χ0n) is 8.12. The van der Waals surface area contributed by atoms with E-state index in [2.05, 4.69) is 38.3 Å². The van der Waals surface area contributed by atoms with Gasteiger partial charge in [0.15, 0.2) is 0 Å². The van der Waals surface area contributed by atoms with Gasteiger partial charge in [0.25, 0.3) is 0 Å². The van der Waals surface area contributed by atoms with Crippen LogP contribution in [0.1, 0.15) is 0 Å². The smallest absolute Gasteiger partial charge is 0.126 e. The van der Waals surface area contributed by atoms with E-state index in [0.717, 1.165) is 15.6 Å². The zero-order valence-corrected chi connectivity index (χ0v) is 10.5. The molecule has 0 radical (unpaired) electrons. The van der Waals surface area contributed by atoms with Crippen LogP contribution in [0.2, 0.25) is 0 Å². The van der Waals surface area contributed by atoms with Crippen molar-refractivity contribution in [3.05, 3.63) is 28.9 Å². The molecule has 0 amide bonds. The summed E-state index contributed by atoms with van der Waals surface area (Å²) >= 11 is 5.18. The number of nitrogens with zero attached hydrogens (tertiary/aromatic N) is 1. The topological polar surface area (TPSA) is 54.7 Å². The first-order valence-electron chi connectivity index (χ1n) is 4.34. The molecule has 0 atom stereocenters. The van der Waals surface area contributed by atoms with Crippen LogP contribution in [-0.4, -0.2) is 16.5 Å². The summed E-state index contributed by atoms with van der Waals surface area (Å²) in [5.74, 6) is 0.597. The van der Waals surface area contributed by atoms with E-state index in [1.54, 1.807) is 18.0 Å². The lowest BCUT2D eigenvalue weighted by atomic mass is 10.1. The lowest BCUT2D eigenvalue weighted by molar-refractivity contribution is 1.10. The Labute approximate surface area is 101 Å². The number of rotatable bonds is 2. The number of hydrogen-bond donors (Lipinski definition) is 2. The van der Waals surface area contributed by atoms with Crippen molar-refractivity contribution in [1.29, 1.82) is 0 Å². The molecule has 0 bridgehead atoms. The number of aromatic amines is 1. The van der Waals surface area contributed by atoms with Gasteiger partial charge in [-0.25, -0.2) is 0 Å². The third-order valence-corrected chi connectivity index (χ3v) is 3.25. The molecule has 2 aromatic rings. The molecule has 0 aliphatic heterocycles. The Morgan fingerprint density at radius 3 is 2.80 bits per heavy atom. The van der Waals surface area contributed by atoms with Crippen molar-refractivity contribution in [2.45, 2.75) is 4.90 Å². The van der Waals surface area contributed by atoms with E-state index >= 15 is 0 Å². The van der Waals surface area contributed by atoms with Gasteiger partial charge in [-0.1, -0.05) is 15.9 Å². The third kappa shape index (κ3) is 2.18. The minimum Gasteiger partial charge on any atom is -0.384 e. The number of halogens is 1. The Bertz CT molecular complexity index is 481. The second kappa shape index (κ2) is 4.28. The normalized spacial score (nSPS) is 10.5. The molecule has 0 aliphatic rings. The molecule has 78 valence electrons. The number of nitrogens with two attached hydrogens (primary N) is 1. The summed E-state index contributed by atoms with van der Waals surface area (Å²) in [5, 5.41) is 6.64. The van der Waals surface area contributed by atoms with Gasteiger partial charge in [-0.3, -0.25) is 5.10 Å². The van der Waals surface area contributed by atoms with Crippen LogP contribution in [0.4, 0.5) is 5.82 Å². The summed E-state index contributed by atoms with van der Waals surface area (Å²) in [4.78, 5) is 1.19. The van der Waals surface area contributed by atoms with Crippen molar-refractivity contribution in [2.75, 3.05) is 12.0 Å². The Balaban J connectivity index is 2.53. The first-order chi connectivity index (χ1) is 7.20. The number of benzene rings is 1. The van der Waals surface area contributed by atoms with Crippen molar-refractivity contribution in [3.8, 4) is 11.1 Å². The Morgan fingerprint density at radius 1 is 1.40 bits per heavy atom. The van der Waals surface area contributed by atoms with Gasteiger partial charge in [-0.2, -0.15) is 5.10 Å². The molecule has 0 unspecified atom stereocenters. The van der Waals surface area contributed by atoms with Gasteiger partial charge in [0.1, 0.15) is 5.82 Å². The van der Waals surface area contributed by atoms with Gasteiger partial charge in [-0.05, 0) is 30.0 Å². The zero-order chi connectivity index (χ0) is 10.8. The number of anilines is 1. The van der Waals surface area contributed by atoms with Crippen LogP contribution >= 0.6 is 27.7 Å². The number of hydrogen-bond acceptors (Lipinski definition) is 3. The summed E-state index contributed by atoms with van der Waals surface area (Å²) in [6, 6.07) is 6.20. The minimum absolute atomic E-state index is 0.597. The molecule has 0 aliphatic carbocycles. The van der Waals surface area contributed by atoms with Crippen LogP contribution in [0.25, 0.3) is 11.1 Å². The third-order valence-electron chi connectivity index (χ3n) is 2.09. The van der Waals surface area contributed by atoms with Gasteiger partial charge >= 0.3 is 0 Å². The highest BCUT2D eigenvalue weighted by molar-refractivity contribution is 9.10. The maximum atomic E-state index is 5.77. The van der Waals surface area contributed by atoms with Crippen LogP contribution in [0.5, 0.6) is 0 Å². The molecule has 0 saturated heterocycles. The quantitative estimate of drug-likeness (QED) is 0.833. The van der Waals surface area contributed by atoms with Crippen LogP contribution in [0.3, 0.4) is 0 Å². The molecule has 0 saturated carbocycles. The van der Waals surface area contributed by atoms with E-state index in [9.17, 15) is 0 Å². The fourth-order valence-corrected chi connectivity index (χ4v) is 2.50. The van der Waals surface area contributed by atoms with Crippen LogP contribution in [0, 0.1) is 0 Å². The average Bonchev–Trinajstić information content (AvgIpc) is 2.63. The van der Waals surface area contributed by atoms with Crippen LogP contribution in [0.15, 0.2) is 33.8 Å². The molecular weight excluding hydrogens is 274 g/mol. The molecule has 3 N–H and O–H groups in total. The van der Waals surface area contributed by atoms with Gasteiger partial charge in [-0.15, -0.1) is 11.8 Å². The van der Waals surface area contributed by atoms with Gasteiger partial charge in [0.2, 0.25) is 0 Å². The summed E-state index contributed by atoms with van der Waals surface area (Å²) < 4.78 is 1.05. The average molecular weight is 284 g/mol. The highest BCUT2D eigenvalue weighted by Gasteiger charge is 2.06. The van der Waals surface area contributed by atoms with E-state index in [1.165, 1.54) is 4.90 Å². The molecule has 1 aromatic carbocycles. The predicted octanol–water partition coefficient (Wildman–Crippen LogP) is 3.14. The summed E-state index contributed by atoms with van der Waals surface area (Å²) in [6.07, 6.45) is 3.78. The lowest BCUT2D eigenvalue weighted by Gasteiger charge is -2.03. The van der Waals surface area contributed by atoms with Gasteiger partial charge in [0.05, 0.1) is 6.20 Å². The van der Waals surface area contributed by atoms with E-state index < -0.39 is 0 Å². The SMILES string of the molecule is CSc1cc(Br)cc(-c2cn[nH]c2N)c1. The number of H-pyrrole nitrogens is 1. The molecule has 15 heavy (non-hydrogen) atoms. The van der Waals surface area contributed by atoms with Crippen molar-refractivity contribution < 1.29 is 0 Å². The number of thioether (sulfide) groups is 1. The molecule has 0 spiro atoms. The van der Waals surface area contributed by atoms with Crippen molar-refractivity contribution >= 4 is 33.5 Å². The number of nitrogens with one attached hydrogen (secondary N) is 1. The Hall–Kier alpha value is -0.940. The first-order valence-corrected chi connectivity index (χ1v) is 6.36. The minimum atomic E-state index is 0.597. The molecule has 3 nitrogen and oxygen atoms in total. The summed E-state index contributed by atoms with van der Waals surface area (Å²) in [5.41, 5.74) is 7.78. The maximum Gasteiger partial charge on any atom is 0.126 e. The monoisotopic (exact) mass is 283 g/mol. The van der Waals surface area contributed by atoms with E-state index in [4.69, 9.17) is 5.73 Å². The highest BCUT2D eigenvalue weighted by atomic mass is 79.9. The largest absolute Gasteiger partial charge is 0.384 e. The van der Waals surface area contributed by atoms with Crippen LogP contribution in [-0.2, 0) is 0 Å². The highest BCUT2D eigenvalue weighted by Crippen LogP contribution is 2.30. The molecule has 1 heterocycles. The van der Waals surface area contributed by atoms with Gasteiger partial charge in [0, 0.05) is 14.9 Å². The fourth-order valence-electron chi connectivity index (χ4n) is 1.36. The molecule has 0 fully saturated rings. The van der Waals surface area contributed by atoms with E-state index in [1.807, 2.05) is 12.3 Å². The van der Waals surface area contributed by atoms with Crippen molar-refractivity contribution in [2.24, 2.45) is 0 Å².